The highest BCUT2D eigenvalue weighted by Gasteiger charge is 2.49. The van der Waals surface area contributed by atoms with Gasteiger partial charge in [-0.2, -0.15) is 0 Å². The molecule has 0 unspecified atom stereocenters. The second kappa shape index (κ2) is 13.1. The number of aromatic nitrogens is 1. The summed E-state index contributed by atoms with van der Waals surface area (Å²) in [5, 5.41) is 2.44. The van der Waals surface area contributed by atoms with Gasteiger partial charge in [0.2, 0.25) is 11.4 Å². The lowest BCUT2D eigenvalue weighted by Gasteiger charge is -2.29. The summed E-state index contributed by atoms with van der Waals surface area (Å²) in [6.45, 7) is 4.43. The summed E-state index contributed by atoms with van der Waals surface area (Å²) in [6, 6.07) is 12.6. The fourth-order valence-electron chi connectivity index (χ4n) is 3.94. The van der Waals surface area contributed by atoms with Crippen LogP contribution in [0.3, 0.4) is 0 Å². The van der Waals surface area contributed by atoms with E-state index < -0.39 is 29.7 Å². The Kier molecular flexibility index (Phi) is 9.92. The van der Waals surface area contributed by atoms with Gasteiger partial charge in [0.05, 0.1) is 13.2 Å². The van der Waals surface area contributed by atoms with Gasteiger partial charge in [0, 0.05) is 18.9 Å². The van der Waals surface area contributed by atoms with Gasteiger partial charge in [-0.25, -0.2) is 14.6 Å². The highest BCUT2D eigenvalue weighted by Crippen LogP contribution is 2.25. The van der Waals surface area contributed by atoms with E-state index in [9.17, 15) is 27.6 Å². The van der Waals surface area contributed by atoms with Crippen LogP contribution in [0.2, 0.25) is 0 Å². The third kappa shape index (κ3) is 8.08. The van der Waals surface area contributed by atoms with Crippen LogP contribution in [0.1, 0.15) is 44.2 Å². The number of halogens is 3. The molecule has 1 N–H and O–H groups in total. The molecule has 0 radical (unpaired) electrons. The number of oxazole rings is 1. The van der Waals surface area contributed by atoms with Crippen molar-refractivity contribution in [3.63, 3.8) is 0 Å². The van der Waals surface area contributed by atoms with Crippen LogP contribution in [0.4, 0.5) is 13.2 Å². The lowest BCUT2D eigenvalue weighted by molar-refractivity contribution is -0.274. The van der Waals surface area contributed by atoms with E-state index in [2.05, 4.69) is 15.0 Å². The molecule has 3 rings (SSSR count). The number of alkyl halides is 3. The first-order valence-corrected chi connectivity index (χ1v) is 12.5. The number of benzene rings is 2. The van der Waals surface area contributed by atoms with Gasteiger partial charge in [0.1, 0.15) is 17.7 Å². The van der Waals surface area contributed by atoms with Crippen molar-refractivity contribution in [1.82, 2.24) is 10.3 Å². The maximum absolute atomic E-state index is 12.8. The first kappa shape index (κ1) is 30.2. The van der Waals surface area contributed by atoms with Crippen LogP contribution in [0.25, 0.3) is 11.3 Å². The monoisotopic (exact) mass is 562 g/mol. The molecule has 1 aromatic heterocycles. The highest BCUT2D eigenvalue weighted by molar-refractivity contribution is 6.07. The van der Waals surface area contributed by atoms with Gasteiger partial charge in [0.15, 0.2) is 5.89 Å². The molecule has 40 heavy (non-hydrogen) atoms. The highest BCUT2D eigenvalue weighted by atomic mass is 19.4. The van der Waals surface area contributed by atoms with E-state index in [0.717, 1.165) is 11.1 Å². The Balaban J connectivity index is 1.69. The van der Waals surface area contributed by atoms with E-state index in [1.807, 2.05) is 0 Å². The summed E-state index contributed by atoms with van der Waals surface area (Å²) >= 11 is 0. The lowest BCUT2D eigenvalue weighted by Crippen LogP contribution is -2.61. The molecule has 0 aliphatic carbocycles. The minimum atomic E-state index is -4.76. The second-order valence-corrected chi connectivity index (χ2v) is 8.72. The van der Waals surface area contributed by atoms with Gasteiger partial charge >= 0.3 is 18.3 Å². The van der Waals surface area contributed by atoms with E-state index in [0.29, 0.717) is 17.1 Å². The summed E-state index contributed by atoms with van der Waals surface area (Å²) < 4.78 is 56.6. The smallest absolute Gasteiger partial charge is 0.464 e. The molecule has 1 heterocycles. The van der Waals surface area contributed by atoms with Crippen LogP contribution >= 0.6 is 0 Å². The van der Waals surface area contributed by atoms with Crippen LogP contribution < -0.4 is 10.1 Å². The topological polar surface area (TPSA) is 117 Å². The van der Waals surface area contributed by atoms with E-state index in [1.165, 1.54) is 37.5 Å². The molecule has 0 aliphatic heterocycles. The molecule has 0 saturated carbocycles. The minimum absolute atomic E-state index is 0.0196. The molecule has 12 heteroatoms. The van der Waals surface area contributed by atoms with Gasteiger partial charge in [-0.15, -0.1) is 13.2 Å². The van der Waals surface area contributed by atoms with Gasteiger partial charge in [0.25, 0.3) is 0 Å². The molecule has 9 nitrogen and oxygen atoms in total. The third-order valence-electron chi connectivity index (χ3n) is 5.74. The number of hydrogen-bond donors (Lipinski definition) is 1. The zero-order valence-electron chi connectivity index (χ0n) is 22.2. The van der Waals surface area contributed by atoms with Gasteiger partial charge in [-0.1, -0.05) is 36.4 Å². The molecule has 2 aromatic carbocycles. The molecule has 0 saturated heterocycles. The van der Waals surface area contributed by atoms with Crippen molar-refractivity contribution in [3.8, 4) is 17.0 Å². The number of nitrogens with zero attached hydrogens (tertiary/aromatic N) is 1. The van der Waals surface area contributed by atoms with Crippen molar-refractivity contribution in [1.29, 1.82) is 0 Å². The first-order valence-electron chi connectivity index (χ1n) is 12.5. The van der Waals surface area contributed by atoms with Crippen molar-refractivity contribution < 1.29 is 46.2 Å². The number of aryl methyl sites for hydroxylation is 1. The number of esters is 2. The molecule has 3 aromatic rings. The molecule has 0 spiro atoms. The zero-order chi connectivity index (χ0) is 29.3. The second-order valence-electron chi connectivity index (χ2n) is 8.72. The molecule has 0 fully saturated rings. The average molecular weight is 563 g/mol. The first-order chi connectivity index (χ1) is 19.0. The van der Waals surface area contributed by atoms with E-state index in [1.54, 1.807) is 38.1 Å². The number of carbonyl (C=O) groups excluding carboxylic acids is 3. The quantitative estimate of drug-likeness (QED) is 0.248. The summed E-state index contributed by atoms with van der Waals surface area (Å²) in [5.41, 5.74) is 0.760. The predicted octanol–water partition coefficient (Wildman–Crippen LogP) is 4.76. The van der Waals surface area contributed by atoms with Crippen LogP contribution in [0, 0.1) is 0 Å². The van der Waals surface area contributed by atoms with Crippen LogP contribution in [0.5, 0.6) is 5.75 Å². The number of nitrogens with one attached hydrogen (secondary N) is 1. The molecule has 0 bridgehead atoms. The number of hydrogen-bond acceptors (Lipinski definition) is 8. The summed E-state index contributed by atoms with van der Waals surface area (Å²) in [6.07, 6.45) is -2.86. The van der Waals surface area contributed by atoms with Crippen molar-refractivity contribution >= 4 is 17.8 Å². The largest absolute Gasteiger partial charge is 0.573 e. The molecule has 214 valence electrons. The maximum atomic E-state index is 12.8. The van der Waals surface area contributed by atoms with E-state index in [4.69, 9.17) is 13.9 Å². The van der Waals surface area contributed by atoms with E-state index in [-0.39, 0.29) is 38.2 Å². The van der Waals surface area contributed by atoms with Gasteiger partial charge in [-0.3, -0.25) is 4.79 Å². The van der Waals surface area contributed by atoms with Gasteiger partial charge in [-0.05, 0) is 49.9 Å². The number of carbonyl (C=O) groups is 3. The Morgan fingerprint density at radius 3 is 2.00 bits per heavy atom. The molecular weight excluding hydrogens is 533 g/mol. The summed E-state index contributed by atoms with van der Waals surface area (Å²) in [7, 11) is 0. The van der Waals surface area contributed by atoms with Crippen molar-refractivity contribution in [3.05, 3.63) is 71.8 Å². The number of rotatable bonds is 12. The molecule has 0 atom stereocenters. The molecular formula is C28H29F3N2O7. The zero-order valence-corrected chi connectivity index (χ0v) is 22.2. The Hall–Kier alpha value is -4.35. The summed E-state index contributed by atoms with van der Waals surface area (Å²) in [5.74, 6) is -2.31. The maximum Gasteiger partial charge on any atom is 0.573 e. The fourth-order valence-corrected chi connectivity index (χ4v) is 3.94. The lowest BCUT2D eigenvalue weighted by atomic mass is 9.90. The van der Waals surface area contributed by atoms with Crippen LogP contribution in [-0.2, 0) is 36.7 Å². The Morgan fingerprint density at radius 1 is 0.900 bits per heavy atom. The Labute approximate surface area is 228 Å². The molecule has 0 aliphatic rings. The van der Waals surface area contributed by atoms with Crippen molar-refractivity contribution in [2.24, 2.45) is 0 Å². The van der Waals surface area contributed by atoms with Crippen LogP contribution in [0.15, 0.2) is 59.2 Å². The predicted molar refractivity (Wildman–Crippen MR) is 136 cm³/mol. The standard InChI is InChI=1S/C28H29F3N2O7/c1-4-37-25(35)27(33-18(3)34,26(36)38-5-2)15-14-19-6-10-21(11-7-19)23-17-39-24(32-23)16-20-8-12-22(13-9-20)40-28(29,30)31/h6-13,17H,4-5,14-16H2,1-3H3,(H,33,34). The van der Waals surface area contributed by atoms with Gasteiger partial charge < -0.3 is 23.9 Å². The fraction of sp³-hybridized carbons (Fsp3) is 0.357. The Morgan fingerprint density at radius 2 is 1.48 bits per heavy atom. The normalized spacial score (nSPS) is 11.6. The van der Waals surface area contributed by atoms with Crippen molar-refractivity contribution in [2.45, 2.75) is 51.9 Å². The SMILES string of the molecule is CCOC(=O)C(CCc1ccc(-c2coc(Cc3ccc(OC(F)(F)F)cc3)n2)cc1)(NC(C)=O)C(=O)OCC. The minimum Gasteiger partial charge on any atom is -0.464 e. The van der Waals surface area contributed by atoms with E-state index >= 15 is 0 Å². The van der Waals surface area contributed by atoms with Crippen LogP contribution in [-0.4, -0.2) is 47.9 Å². The van der Waals surface area contributed by atoms with Crippen molar-refractivity contribution in [2.75, 3.05) is 13.2 Å². The number of amides is 1. The molecule has 1 amide bonds. The Bertz CT molecular complexity index is 1280. The third-order valence-corrected chi connectivity index (χ3v) is 5.74. The average Bonchev–Trinajstić information content (AvgIpc) is 3.35. The summed E-state index contributed by atoms with van der Waals surface area (Å²) in [4.78, 5) is 41.9. The number of ether oxygens (including phenoxy) is 3.